The van der Waals surface area contributed by atoms with Gasteiger partial charge in [-0.1, -0.05) is 5.21 Å². The van der Waals surface area contributed by atoms with Gasteiger partial charge in [-0.05, 0) is 24.3 Å². The standard InChI is InChI=1S/C9H7ClFN3/c10-5-8-6-14(13-12-8)9-3-1-7(11)2-4-9/h1-4,6H,5H2. The van der Waals surface area contributed by atoms with Crippen molar-refractivity contribution in [2.45, 2.75) is 5.88 Å². The van der Waals surface area contributed by atoms with Gasteiger partial charge in [-0.3, -0.25) is 0 Å². The van der Waals surface area contributed by atoms with E-state index in [1.54, 1.807) is 23.0 Å². The van der Waals surface area contributed by atoms with Crippen LogP contribution in [-0.2, 0) is 5.88 Å². The highest BCUT2D eigenvalue weighted by Crippen LogP contribution is 2.08. The number of hydrogen-bond acceptors (Lipinski definition) is 2. The molecule has 2 rings (SSSR count). The van der Waals surface area contributed by atoms with E-state index in [1.165, 1.54) is 12.1 Å². The molecule has 0 spiro atoms. The average Bonchev–Trinajstić information content (AvgIpc) is 2.67. The largest absolute Gasteiger partial charge is 0.220 e. The first-order valence-corrected chi connectivity index (χ1v) is 4.56. The summed E-state index contributed by atoms with van der Waals surface area (Å²) >= 11 is 5.58. The van der Waals surface area contributed by atoms with Crippen molar-refractivity contribution in [3.05, 3.63) is 42.0 Å². The van der Waals surface area contributed by atoms with E-state index in [4.69, 9.17) is 11.6 Å². The van der Waals surface area contributed by atoms with Crippen LogP contribution in [0.3, 0.4) is 0 Å². The average molecular weight is 212 g/mol. The summed E-state index contributed by atoms with van der Waals surface area (Å²) in [5, 5.41) is 7.67. The second-order valence-corrected chi connectivity index (χ2v) is 3.03. The molecule has 1 aromatic heterocycles. The van der Waals surface area contributed by atoms with Crippen molar-refractivity contribution in [3.8, 4) is 5.69 Å². The number of alkyl halides is 1. The summed E-state index contributed by atoms with van der Waals surface area (Å²) in [6, 6.07) is 6.00. The molecule has 0 bridgehead atoms. The maximum Gasteiger partial charge on any atom is 0.123 e. The molecule has 0 fully saturated rings. The SMILES string of the molecule is Fc1ccc(-n2cc(CCl)nn2)cc1. The Bertz CT molecular complexity index is 424. The predicted molar refractivity (Wildman–Crippen MR) is 50.9 cm³/mol. The van der Waals surface area contributed by atoms with Crippen LogP contribution >= 0.6 is 11.6 Å². The van der Waals surface area contributed by atoms with Crippen LogP contribution in [0.1, 0.15) is 5.69 Å². The topological polar surface area (TPSA) is 30.7 Å². The number of halogens is 2. The van der Waals surface area contributed by atoms with Crippen LogP contribution in [-0.4, -0.2) is 15.0 Å². The number of aromatic nitrogens is 3. The Kier molecular flexibility index (Phi) is 2.45. The van der Waals surface area contributed by atoms with Gasteiger partial charge in [-0.2, -0.15) is 0 Å². The smallest absolute Gasteiger partial charge is 0.123 e. The second kappa shape index (κ2) is 3.75. The van der Waals surface area contributed by atoms with Crippen molar-refractivity contribution in [1.29, 1.82) is 0 Å². The van der Waals surface area contributed by atoms with Gasteiger partial charge in [0.25, 0.3) is 0 Å². The summed E-state index contributed by atoms with van der Waals surface area (Å²) in [5.74, 6) is 0.0488. The molecule has 0 atom stereocenters. The molecule has 0 saturated carbocycles. The first-order chi connectivity index (χ1) is 6.79. The van der Waals surface area contributed by atoms with Crippen LogP contribution in [0.4, 0.5) is 4.39 Å². The van der Waals surface area contributed by atoms with Gasteiger partial charge < -0.3 is 0 Å². The lowest BCUT2D eigenvalue weighted by Gasteiger charge is -1.97. The van der Waals surface area contributed by atoms with E-state index < -0.39 is 0 Å². The molecule has 14 heavy (non-hydrogen) atoms. The summed E-state index contributed by atoms with van der Waals surface area (Å²) in [4.78, 5) is 0. The van der Waals surface area contributed by atoms with Crippen LogP contribution in [0.25, 0.3) is 5.69 Å². The van der Waals surface area contributed by atoms with E-state index in [1.807, 2.05) is 0 Å². The van der Waals surface area contributed by atoms with Gasteiger partial charge in [0, 0.05) is 0 Å². The fraction of sp³-hybridized carbons (Fsp3) is 0.111. The molecule has 0 saturated heterocycles. The van der Waals surface area contributed by atoms with Crippen LogP contribution in [0.2, 0.25) is 0 Å². The van der Waals surface area contributed by atoms with Gasteiger partial charge in [0.05, 0.1) is 23.5 Å². The van der Waals surface area contributed by atoms with Crippen molar-refractivity contribution in [2.75, 3.05) is 0 Å². The zero-order chi connectivity index (χ0) is 9.97. The molecular weight excluding hydrogens is 205 g/mol. The van der Waals surface area contributed by atoms with Gasteiger partial charge in [0.15, 0.2) is 0 Å². The molecule has 0 unspecified atom stereocenters. The summed E-state index contributed by atoms with van der Waals surface area (Å²) < 4.78 is 14.2. The molecule has 1 heterocycles. The number of nitrogens with zero attached hydrogens (tertiary/aromatic N) is 3. The molecule has 0 radical (unpaired) electrons. The number of hydrogen-bond donors (Lipinski definition) is 0. The quantitative estimate of drug-likeness (QED) is 0.713. The molecule has 5 heteroatoms. The zero-order valence-corrected chi connectivity index (χ0v) is 7.95. The zero-order valence-electron chi connectivity index (χ0n) is 7.19. The maximum absolute atomic E-state index is 12.6. The molecule has 3 nitrogen and oxygen atoms in total. The van der Waals surface area contributed by atoms with E-state index in [-0.39, 0.29) is 5.82 Å². The van der Waals surface area contributed by atoms with Crippen LogP contribution < -0.4 is 0 Å². The van der Waals surface area contributed by atoms with Gasteiger partial charge >= 0.3 is 0 Å². The Hall–Kier alpha value is -1.42. The molecule has 0 aliphatic carbocycles. The monoisotopic (exact) mass is 211 g/mol. The van der Waals surface area contributed by atoms with Crippen molar-refractivity contribution in [2.24, 2.45) is 0 Å². The maximum atomic E-state index is 12.6. The molecule has 2 aromatic rings. The number of rotatable bonds is 2. The van der Waals surface area contributed by atoms with Crippen molar-refractivity contribution < 1.29 is 4.39 Å². The predicted octanol–water partition coefficient (Wildman–Crippen LogP) is 2.15. The first kappa shape index (κ1) is 9.15. The molecule has 0 aliphatic heterocycles. The van der Waals surface area contributed by atoms with Crippen molar-refractivity contribution in [1.82, 2.24) is 15.0 Å². The Labute approximate surface area is 85.1 Å². The van der Waals surface area contributed by atoms with Gasteiger partial charge in [-0.25, -0.2) is 9.07 Å². The van der Waals surface area contributed by atoms with Gasteiger partial charge in [0.2, 0.25) is 0 Å². The lowest BCUT2D eigenvalue weighted by Crippen LogP contribution is -1.94. The van der Waals surface area contributed by atoms with Crippen LogP contribution in [0.15, 0.2) is 30.5 Å². The second-order valence-electron chi connectivity index (χ2n) is 2.76. The third kappa shape index (κ3) is 1.75. The van der Waals surface area contributed by atoms with Crippen LogP contribution in [0.5, 0.6) is 0 Å². The lowest BCUT2D eigenvalue weighted by molar-refractivity contribution is 0.626. The van der Waals surface area contributed by atoms with Crippen molar-refractivity contribution in [3.63, 3.8) is 0 Å². The van der Waals surface area contributed by atoms with Crippen LogP contribution in [0, 0.1) is 5.82 Å². The molecule has 0 amide bonds. The van der Waals surface area contributed by atoms with E-state index in [9.17, 15) is 4.39 Å². The molecule has 1 aromatic carbocycles. The fourth-order valence-corrected chi connectivity index (χ4v) is 1.20. The summed E-state index contributed by atoms with van der Waals surface area (Å²) in [5.41, 5.74) is 1.45. The third-order valence-electron chi connectivity index (χ3n) is 1.77. The fourth-order valence-electron chi connectivity index (χ4n) is 1.08. The first-order valence-electron chi connectivity index (χ1n) is 4.03. The Morgan fingerprint density at radius 3 is 2.57 bits per heavy atom. The highest BCUT2D eigenvalue weighted by molar-refractivity contribution is 6.16. The number of benzene rings is 1. The van der Waals surface area contributed by atoms with E-state index in [0.29, 0.717) is 11.6 Å². The van der Waals surface area contributed by atoms with E-state index in [2.05, 4.69) is 10.3 Å². The Morgan fingerprint density at radius 1 is 1.29 bits per heavy atom. The molecular formula is C9H7ClFN3. The molecule has 72 valence electrons. The Morgan fingerprint density at radius 2 is 2.00 bits per heavy atom. The highest BCUT2D eigenvalue weighted by Gasteiger charge is 2.01. The third-order valence-corrected chi connectivity index (χ3v) is 2.04. The minimum absolute atomic E-state index is 0.272. The summed E-state index contributed by atoms with van der Waals surface area (Å²) in [6.45, 7) is 0. The Balaban J connectivity index is 2.34. The molecule has 0 aliphatic rings. The summed E-state index contributed by atoms with van der Waals surface area (Å²) in [6.07, 6.45) is 1.71. The van der Waals surface area contributed by atoms with Gasteiger partial charge in [0.1, 0.15) is 5.82 Å². The molecule has 0 N–H and O–H groups in total. The van der Waals surface area contributed by atoms with Gasteiger partial charge in [-0.15, -0.1) is 16.7 Å². The summed E-state index contributed by atoms with van der Waals surface area (Å²) in [7, 11) is 0. The van der Waals surface area contributed by atoms with Crippen molar-refractivity contribution >= 4 is 11.6 Å². The van der Waals surface area contributed by atoms with E-state index in [0.717, 1.165) is 5.69 Å². The minimum Gasteiger partial charge on any atom is -0.220 e. The van der Waals surface area contributed by atoms with E-state index >= 15 is 0 Å². The lowest BCUT2D eigenvalue weighted by atomic mass is 10.3. The normalized spacial score (nSPS) is 10.4. The minimum atomic E-state index is -0.272. The highest BCUT2D eigenvalue weighted by atomic mass is 35.5.